The molecule has 1 aliphatic heterocycles. The van der Waals surface area contributed by atoms with Gasteiger partial charge >= 0.3 is 0 Å². The van der Waals surface area contributed by atoms with E-state index in [0.29, 0.717) is 0 Å². The zero-order valence-corrected chi connectivity index (χ0v) is 9.13. The zero-order chi connectivity index (χ0) is 8.10. The molecule has 0 aromatic rings. The Labute approximate surface area is 82.4 Å². The Balaban J connectivity index is 2.12. The van der Waals surface area contributed by atoms with Crippen molar-refractivity contribution in [3.05, 3.63) is 3.92 Å². The van der Waals surface area contributed by atoms with E-state index >= 15 is 0 Å². The van der Waals surface area contributed by atoms with Gasteiger partial charge < -0.3 is 4.74 Å². The van der Waals surface area contributed by atoms with E-state index in [9.17, 15) is 0 Å². The lowest BCUT2D eigenvalue weighted by molar-refractivity contribution is 0.144. The van der Waals surface area contributed by atoms with Gasteiger partial charge in [0, 0.05) is 20.2 Å². The lowest BCUT2D eigenvalue weighted by atomic mass is 10.1. The predicted molar refractivity (Wildman–Crippen MR) is 54.8 cm³/mol. The van der Waals surface area contributed by atoms with Crippen LogP contribution in [0.15, 0.2) is 0 Å². The molecule has 11 heavy (non-hydrogen) atoms. The average Bonchev–Trinajstić information content (AvgIpc) is 2.01. The van der Waals surface area contributed by atoms with Gasteiger partial charge in [0.15, 0.2) is 0 Å². The summed E-state index contributed by atoms with van der Waals surface area (Å²) in [5, 5.41) is 0. The molecular weight excluding hydrogens is 253 g/mol. The fraction of sp³-hybridized carbons (Fsp3) is 0.875. The fourth-order valence-electron chi connectivity index (χ4n) is 1.31. The van der Waals surface area contributed by atoms with Crippen molar-refractivity contribution in [3.63, 3.8) is 0 Å². The molecule has 0 saturated carbocycles. The molecule has 0 aromatic carbocycles. The molecule has 65 valence electrons. The molecule has 0 aromatic heterocycles. The van der Waals surface area contributed by atoms with Gasteiger partial charge in [0.25, 0.3) is 0 Å². The van der Waals surface area contributed by atoms with Gasteiger partial charge in [-0.05, 0) is 19.4 Å². The first-order chi connectivity index (χ1) is 5.33. The van der Waals surface area contributed by atoms with Crippen LogP contribution in [-0.2, 0) is 4.74 Å². The molecule has 0 atom stereocenters. The molecule has 0 bridgehead atoms. The molecule has 3 heteroatoms. The van der Waals surface area contributed by atoms with Crippen molar-refractivity contribution in [2.24, 2.45) is 0 Å². The molecule has 0 unspecified atom stereocenters. The van der Waals surface area contributed by atoms with Crippen LogP contribution in [0.3, 0.4) is 0 Å². The van der Waals surface area contributed by atoms with Gasteiger partial charge in [-0.3, -0.25) is 4.90 Å². The summed E-state index contributed by atoms with van der Waals surface area (Å²) < 4.78 is 6.61. The Hall–Kier alpha value is 0.650. The second-order valence-corrected chi connectivity index (χ2v) is 4.42. The third-order valence-corrected chi connectivity index (χ3v) is 2.81. The highest BCUT2D eigenvalue weighted by atomic mass is 127. The quantitative estimate of drug-likeness (QED) is 0.722. The Morgan fingerprint density at radius 2 is 2.45 bits per heavy atom. The SMILES string of the molecule is COCCN1CCC[C](I)C1. The van der Waals surface area contributed by atoms with Gasteiger partial charge in [-0.2, -0.15) is 0 Å². The van der Waals surface area contributed by atoms with Gasteiger partial charge in [0.1, 0.15) is 0 Å². The van der Waals surface area contributed by atoms with Gasteiger partial charge in [0.05, 0.1) is 10.5 Å². The maximum Gasteiger partial charge on any atom is 0.0589 e. The van der Waals surface area contributed by atoms with E-state index in [4.69, 9.17) is 4.74 Å². The summed E-state index contributed by atoms with van der Waals surface area (Å²) in [7, 11) is 1.76. The summed E-state index contributed by atoms with van der Waals surface area (Å²) in [4.78, 5) is 2.45. The topological polar surface area (TPSA) is 12.5 Å². The number of hydrogen-bond donors (Lipinski definition) is 0. The Morgan fingerprint density at radius 1 is 1.64 bits per heavy atom. The smallest absolute Gasteiger partial charge is 0.0589 e. The maximum atomic E-state index is 5.03. The van der Waals surface area contributed by atoms with E-state index in [1.54, 1.807) is 11.0 Å². The number of nitrogens with zero attached hydrogens (tertiary/aromatic N) is 1. The Morgan fingerprint density at radius 3 is 3.09 bits per heavy atom. The summed E-state index contributed by atoms with van der Waals surface area (Å²) >= 11 is 2.46. The van der Waals surface area contributed by atoms with Crippen molar-refractivity contribution in [2.45, 2.75) is 12.8 Å². The third-order valence-electron chi connectivity index (χ3n) is 1.93. The zero-order valence-electron chi connectivity index (χ0n) is 6.98. The summed E-state index contributed by atoms with van der Waals surface area (Å²) in [5.41, 5.74) is 0. The number of halogens is 1. The van der Waals surface area contributed by atoms with E-state index in [2.05, 4.69) is 27.5 Å². The van der Waals surface area contributed by atoms with Crippen LogP contribution >= 0.6 is 22.6 Å². The minimum Gasteiger partial charge on any atom is -0.383 e. The number of ether oxygens (including phenoxy) is 1. The van der Waals surface area contributed by atoms with E-state index in [1.165, 1.54) is 25.9 Å². The number of likely N-dealkylation sites (tertiary alicyclic amines) is 1. The van der Waals surface area contributed by atoms with Crippen molar-refractivity contribution >= 4 is 22.6 Å². The summed E-state index contributed by atoms with van der Waals surface area (Å²) in [6, 6.07) is 0. The third kappa shape index (κ3) is 3.71. The standard InChI is InChI=1S/C8H15INO/c1-11-6-5-10-4-2-3-8(9)7-10/h2-7H2,1H3. The molecular formula is C8H15INO. The molecule has 0 spiro atoms. The van der Waals surface area contributed by atoms with E-state index < -0.39 is 0 Å². The highest BCUT2D eigenvalue weighted by Gasteiger charge is 2.16. The number of methoxy groups -OCH3 is 1. The van der Waals surface area contributed by atoms with Gasteiger partial charge in [-0.25, -0.2) is 0 Å². The summed E-state index contributed by atoms with van der Waals surface area (Å²) in [5.74, 6) is 0. The Bertz CT molecular complexity index is 110. The fourth-order valence-corrected chi connectivity index (χ4v) is 2.17. The molecule has 2 nitrogen and oxygen atoms in total. The van der Waals surface area contributed by atoms with Crippen LogP contribution < -0.4 is 0 Å². The second-order valence-electron chi connectivity index (χ2n) is 2.89. The molecule has 0 amide bonds. The van der Waals surface area contributed by atoms with Crippen molar-refractivity contribution < 1.29 is 4.74 Å². The van der Waals surface area contributed by atoms with Crippen LogP contribution in [0.25, 0.3) is 0 Å². The minimum absolute atomic E-state index is 0.865. The van der Waals surface area contributed by atoms with E-state index in [0.717, 1.165) is 13.2 Å². The normalized spacial score (nSPS) is 22.4. The van der Waals surface area contributed by atoms with Crippen molar-refractivity contribution in [2.75, 3.05) is 33.4 Å². The highest BCUT2D eigenvalue weighted by molar-refractivity contribution is 14.1. The van der Waals surface area contributed by atoms with Crippen LogP contribution in [0.5, 0.6) is 0 Å². The highest BCUT2D eigenvalue weighted by Crippen LogP contribution is 2.23. The number of rotatable bonds is 3. The number of piperidine rings is 1. The van der Waals surface area contributed by atoms with Crippen LogP contribution in [0, 0.1) is 3.92 Å². The van der Waals surface area contributed by atoms with Gasteiger partial charge in [-0.15, -0.1) is 0 Å². The lowest BCUT2D eigenvalue weighted by Crippen LogP contribution is -2.34. The van der Waals surface area contributed by atoms with Gasteiger partial charge in [-0.1, -0.05) is 22.6 Å². The van der Waals surface area contributed by atoms with Crippen LogP contribution in [0.4, 0.5) is 0 Å². The van der Waals surface area contributed by atoms with Crippen LogP contribution in [0.2, 0.25) is 0 Å². The van der Waals surface area contributed by atoms with Crippen LogP contribution in [0.1, 0.15) is 12.8 Å². The van der Waals surface area contributed by atoms with Crippen molar-refractivity contribution in [1.82, 2.24) is 4.90 Å². The molecule has 0 N–H and O–H groups in total. The molecule has 1 rings (SSSR count). The van der Waals surface area contributed by atoms with Crippen LogP contribution in [-0.4, -0.2) is 38.3 Å². The average molecular weight is 268 g/mol. The summed E-state index contributed by atoms with van der Waals surface area (Å²) in [6.45, 7) is 4.37. The van der Waals surface area contributed by atoms with Crippen molar-refractivity contribution in [3.8, 4) is 0 Å². The molecule has 1 aliphatic rings. The molecule has 0 aliphatic carbocycles. The van der Waals surface area contributed by atoms with Gasteiger partial charge in [0.2, 0.25) is 0 Å². The molecule has 1 saturated heterocycles. The summed E-state index contributed by atoms with van der Waals surface area (Å²) in [6.07, 6.45) is 2.63. The molecule has 1 radical (unpaired) electrons. The van der Waals surface area contributed by atoms with E-state index in [-0.39, 0.29) is 0 Å². The van der Waals surface area contributed by atoms with E-state index in [1.807, 2.05) is 0 Å². The predicted octanol–water partition coefficient (Wildman–Crippen LogP) is 1.70. The second kappa shape index (κ2) is 5.32. The Kier molecular flexibility index (Phi) is 4.71. The molecule has 1 heterocycles. The first-order valence-electron chi connectivity index (χ1n) is 4.04. The largest absolute Gasteiger partial charge is 0.383 e. The monoisotopic (exact) mass is 268 g/mol. The minimum atomic E-state index is 0.865. The lowest BCUT2D eigenvalue weighted by Gasteiger charge is -2.28. The first-order valence-corrected chi connectivity index (χ1v) is 5.12. The maximum absolute atomic E-state index is 5.03. The van der Waals surface area contributed by atoms with Crippen molar-refractivity contribution in [1.29, 1.82) is 0 Å². The first kappa shape index (κ1) is 9.74. The molecule has 1 fully saturated rings. The number of hydrogen-bond acceptors (Lipinski definition) is 2.